The number of rotatable bonds is 66. The number of aliphatic carboxylic acids is 3. The van der Waals surface area contributed by atoms with Crippen molar-refractivity contribution in [2.45, 2.75) is 424 Å². The molecule has 0 heterocycles. The summed E-state index contributed by atoms with van der Waals surface area (Å²) in [7, 11) is 0. The van der Waals surface area contributed by atoms with E-state index in [1.165, 1.54) is 327 Å². The lowest BCUT2D eigenvalue weighted by Gasteiger charge is -2.03. The molecule has 0 fully saturated rings. The molecule has 15 nitrogen and oxygen atoms in total. The summed E-state index contributed by atoms with van der Waals surface area (Å²) in [5.74, 6) is -1.95. The first-order valence-electron chi connectivity index (χ1n) is 38.1. The van der Waals surface area contributed by atoms with E-state index in [9.17, 15) is 14.4 Å². The largest absolute Gasteiger partial charge is 0.481 e. The number of carboxylic acids is 3. The highest BCUT2D eigenvalue weighted by Gasteiger charge is 2.02. The summed E-state index contributed by atoms with van der Waals surface area (Å²) in [6.07, 6.45) is 75.4. The molecule has 0 aromatic heterocycles. The second-order valence-electron chi connectivity index (χ2n) is 25.6. The van der Waals surface area contributed by atoms with Crippen LogP contribution in [0.1, 0.15) is 406 Å². The highest BCUT2D eigenvalue weighted by molar-refractivity contribution is 5.67. The minimum absolute atomic E-state index is 0.346. The molecule has 12 N–H and O–H groups in total. The van der Waals surface area contributed by atoms with Gasteiger partial charge in [-0.3, -0.25) is 14.4 Å². The second kappa shape index (κ2) is 95.7. The Labute approximate surface area is 555 Å². The lowest BCUT2D eigenvalue weighted by Crippen LogP contribution is -2.15. The minimum Gasteiger partial charge on any atom is -0.481 e. The van der Waals surface area contributed by atoms with Crippen LogP contribution < -0.4 is 0 Å². The lowest BCUT2D eigenvalue weighted by molar-refractivity contribution is -0.138. The molecule has 0 atom stereocenters. The van der Waals surface area contributed by atoms with Gasteiger partial charge in [0.15, 0.2) is 0 Å². The summed E-state index contributed by atoms with van der Waals surface area (Å²) in [6, 6.07) is 0. The van der Waals surface area contributed by atoms with Crippen molar-refractivity contribution in [3.8, 4) is 0 Å². The number of aliphatic hydroxyl groups is 9. The number of unbranched alkanes of at least 4 members (excludes halogenated alkanes) is 54. The van der Waals surface area contributed by atoms with E-state index in [2.05, 4.69) is 20.8 Å². The Bertz CT molecular complexity index is 1100. The third kappa shape index (κ3) is 117. The first-order chi connectivity index (χ1) is 43.7. The molecule has 0 radical (unpaired) electrons. The molecule has 0 aliphatic heterocycles. The Morgan fingerprint density at radius 1 is 0.189 bits per heavy atom. The van der Waals surface area contributed by atoms with Crippen molar-refractivity contribution in [1.29, 1.82) is 0 Å². The molecule has 546 valence electrons. The predicted molar refractivity (Wildman–Crippen MR) is 377 cm³/mol. The topological polar surface area (TPSA) is 294 Å². The summed E-state index contributed by atoms with van der Waals surface area (Å²) >= 11 is 0. The first kappa shape index (κ1) is 99.1. The summed E-state index contributed by atoms with van der Waals surface area (Å²) < 4.78 is 0. The maximum atomic E-state index is 10.4. The standard InChI is InChI=1S/3C22H44O2.3C3H8O3/c3*1-2-3-4-5-6-7-8-9-10-11-12-13-14-15-16-17-18-19-20-21-22(23)24;3*4-1-3(6)2-5/h3*2-21H2,1H3,(H,23,24);3*3-6H,1-2H2. The molecular weight excluding hydrogens is 1140 g/mol. The molecule has 0 aliphatic rings. The van der Waals surface area contributed by atoms with Gasteiger partial charge in [0.2, 0.25) is 0 Å². The summed E-state index contributed by atoms with van der Waals surface area (Å²) in [6.45, 7) is 4.66. The van der Waals surface area contributed by atoms with Crippen LogP contribution in [0.4, 0.5) is 0 Å². The zero-order chi connectivity index (χ0) is 68.1. The van der Waals surface area contributed by atoms with Gasteiger partial charge in [-0.25, -0.2) is 0 Å². The van der Waals surface area contributed by atoms with Crippen molar-refractivity contribution in [2.24, 2.45) is 0 Å². The molecule has 0 rings (SSSR count). The van der Waals surface area contributed by atoms with Gasteiger partial charge in [0.1, 0.15) is 18.3 Å². The first-order valence-corrected chi connectivity index (χ1v) is 38.1. The van der Waals surface area contributed by atoms with Gasteiger partial charge < -0.3 is 61.3 Å². The van der Waals surface area contributed by atoms with E-state index in [0.717, 1.165) is 38.5 Å². The monoisotopic (exact) mass is 1300 g/mol. The van der Waals surface area contributed by atoms with Crippen LogP contribution in [0.25, 0.3) is 0 Å². The molecule has 0 bridgehead atoms. The Balaban J connectivity index is -0.000000257. The Hall–Kier alpha value is -1.95. The van der Waals surface area contributed by atoms with Crippen molar-refractivity contribution < 1.29 is 75.7 Å². The van der Waals surface area contributed by atoms with Crippen molar-refractivity contribution in [1.82, 2.24) is 0 Å². The van der Waals surface area contributed by atoms with Crippen LogP contribution in [-0.4, -0.2) is 137 Å². The smallest absolute Gasteiger partial charge is 0.303 e. The van der Waals surface area contributed by atoms with E-state index in [4.69, 9.17) is 61.3 Å². The quantitative estimate of drug-likeness (QED) is 0.0252. The zero-order valence-corrected chi connectivity index (χ0v) is 59.5. The Kier molecular flexibility index (Phi) is 105. The Morgan fingerprint density at radius 3 is 0.344 bits per heavy atom. The molecule has 15 heteroatoms. The van der Waals surface area contributed by atoms with Gasteiger partial charge in [-0.2, -0.15) is 0 Å². The third-order valence-electron chi connectivity index (χ3n) is 16.2. The molecule has 0 aromatic carbocycles. The summed E-state index contributed by atoms with van der Waals surface area (Å²) in [4.78, 5) is 31.1. The Morgan fingerprint density at radius 2 is 0.278 bits per heavy atom. The van der Waals surface area contributed by atoms with Gasteiger partial charge in [0, 0.05) is 19.3 Å². The highest BCUT2D eigenvalue weighted by Crippen LogP contribution is 2.18. The van der Waals surface area contributed by atoms with E-state index < -0.39 is 36.2 Å². The van der Waals surface area contributed by atoms with Crippen molar-refractivity contribution >= 4 is 17.9 Å². The molecule has 0 spiro atoms. The van der Waals surface area contributed by atoms with Crippen LogP contribution in [0.3, 0.4) is 0 Å². The van der Waals surface area contributed by atoms with Crippen LogP contribution in [-0.2, 0) is 14.4 Å². The fourth-order valence-electron chi connectivity index (χ4n) is 10.2. The van der Waals surface area contributed by atoms with E-state index in [0.29, 0.717) is 19.3 Å². The molecule has 0 saturated carbocycles. The van der Waals surface area contributed by atoms with Gasteiger partial charge in [0.25, 0.3) is 0 Å². The van der Waals surface area contributed by atoms with Gasteiger partial charge in [-0.15, -0.1) is 0 Å². The van der Waals surface area contributed by atoms with Crippen molar-refractivity contribution in [2.75, 3.05) is 39.6 Å². The number of hydrogen-bond donors (Lipinski definition) is 12. The van der Waals surface area contributed by atoms with Crippen molar-refractivity contribution in [3.63, 3.8) is 0 Å². The van der Waals surface area contributed by atoms with Gasteiger partial charge in [0.05, 0.1) is 39.6 Å². The number of aliphatic hydroxyl groups excluding tert-OH is 9. The van der Waals surface area contributed by atoms with Gasteiger partial charge >= 0.3 is 17.9 Å². The van der Waals surface area contributed by atoms with Gasteiger partial charge in [-0.05, 0) is 19.3 Å². The van der Waals surface area contributed by atoms with Crippen LogP contribution in [0, 0.1) is 0 Å². The molecule has 0 amide bonds. The summed E-state index contributed by atoms with van der Waals surface area (Å²) in [5.41, 5.74) is 0. The van der Waals surface area contributed by atoms with Crippen LogP contribution in [0.5, 0.6) is 0 Å². The number of carbonyl (C=O) groups is 3. The normalized spacial score (nSPS) is 10.8. The maximum absolute atomic E-state index is 10.4. The maximum Gasteiger partial charge on any atom is 0.303 e. The van der Waals surface area contributed by atoms with Gasteiger partial charge in [-0.1, -0.05) is 367 Å². The fraction of sp³-hybridized carbons (Fsp3) is 0.960. The second-order valence-corrected chi connectivity index (χ2v) is 25.6. The average molecular weight is 1300 g/mol. The fourth-order valence-corrected chi connectivity index (χ4v) is 10.2. The summed E-state index contributed by atoms with van der Waals surface area (Å²) in [5, 5.41) is 97.7. The van der Waals surface area contributed by atoms with E-state index >= 15 is 0 Å². The molecule has 90 heavy (non-hydrogen) atoms. The molecule has 0 saturated heterocycles. The predicted octanol–water partition coefficient (Wildman–Crippen LogP) is 18.7. The molecule has 0 unspecified atom stereocenters. The van der Waals surface area contributed by atoms with Crippen LogP contribution in [0.15, 0.2) is 0 Å². The van der Waals surface area contributed by atoms with Crippen molar-refractivity contribution in [3.05, 3.63) is 0 Å². The highest BCUT2D eigenvalue weighted by atomic mass is 16.4. The average Bonchev–Trinajstić information content (AvgIpc) is 3.54. The van der Waals surface area contributed by atoms with E-state index in [1.807, 2.05) is 0 Å². The SMILES string of the molecule is CCCCCCCCCCCCCCCCCCCCCC(=O)O.CCCCCCCCCCCCCCCCCCCCCC(=O)O.CCCCCCCCCCCCCCCCCCCCCC(=O)O.OCC(O)CO.OCC(O)CO.OCC(O)CO. The lowest BCUT2D eigenvalue weighted by atomic mass is 10.0. The van der Waals surface area contributed by atoms with E-state index in [-0.39, 0.29) is 39.6 Å². The minimum atomic E-state index is -0.954. The number of hydrogen-bond acceptors (Lipinski definition) is 12. The van der Waals surface area contributed by atoms with E-state index in [1.54, 1.807) is 0 Å². The van der Waals surface area contributed by atoms with Crippen LogP contribution >= 0.6 is 0 Å². The third-order valence-corrected chi connectivity index (χ3v) is 16.2. The zero-order valence-electron chi connectivity index (χ0n) is 59.5. The molecular formula is C75H156O15. The number of carboxylic acid groups (broad SMARTS) is 3. The molecule has 0 aromatic rings. The molecule has 0 aliphatic carbocycles. The van der Waals surface area contributed by atoms with Crippen LogP contribution in [0.2, 0.25) is 0 Å².